The lowest BCUT2D eigenvalue weighted by atomic mass is 9.85. The van der Waals surface area contributed by atoms with Gasteiger partial charge in [0.15, 0.2) is 11.6 Å². The summed E-state index contributed by atoms with van der Waals surface area (Å²) >= 11 is 0. The molecule has 1 aromatic rings. The number of esters is 1. The number of para-hydroxylation sites is 1. The number of benzene rings is 1. The Kier molecular flexibility index (Phi) is 5.35. The molecule has 2 amide bonds. The fraction of sp³-hybridized carbons (Fsp3) is 0.421. The third-order valence-electron chi connectivity index (χ3n) is 4.69. The molecule has 0 radical (unpaired) electrons. The largest absolute Gasteiger partial charge is 0.487 e. The number of carbonyl (C=O) groups is 3. The number of hydrogen-bond donors (Lipinski definition) is 0. The van der Waals surface area contributed by atoms with Gasteiger partial charge in [0.05, 0.1) is 11.8 Å². The Morgan fingerprint density at radius 3 is 2.38 bits per heavy atom. The van der Waals surface area contributed by atoms with Crippen LogP contribution in [0.15, 0.2) is 36.4 Å². The van der Waals surface area contributed by atoms with E-state index in [2.05, 4.69) is 0 Å². The fourth-order valence-corrected chi connectivity index (χ4v) is 3.29. The maximum atomic E-state index is 13.4. The van der Waals surface area contributed by atoms with E-state index in [-0.39, 0.29) is 42.6 Å². The number of hydrogen-bond acceptors (Lipinski definition) is 5. The lowest BCUT2D eigenvalue weighted by molar-refractivity contribution is -0.158. The number of rotatable bonds is 6. The number of likely N-dealkylation sites (tertiary alicyclic amines) is 1. The maximum absolute atomic E-state index is 13.4. The van der Waals surface area contributed by atoms with Crippen molar-refractivity contribution in [2.45, 2.75) is 25.8 Å². The minimum atomic E-state index is -0.992. The predicted octanol–water partition coefficient (Wildman–Crippen LogP) is 2.09. The normalized spacial score (nSPS) is 22.9. The second kappa shape index (κ2) is 7.68. The summed E-state index contributed by atoms with van der Waals surface area (Å²) in [6, 6.07) is 4.92. The van der Waals surface area contributed by atoms with Crippen LogP contribution in [-0.4, -0.2) is 41.9 Å². The Bertz CT molecular complexity index is 721. The number of fused-ring (bicyclic) bond motifs is 1. The molecule has 1 fully saturated rings. The molecule has 0 spiro atoms. The first-order valence-electron chi connectivity index (χ1n) is 8.56. The molecular weight excluding hydrogens is 341 g/mol. The van der Waals surface area contributed by atoms with Crippen LogP contribution in [0.5, 0.6) is 5.75 Å². The van der Waals surface area contributed by atoms with E-state index in [9.17, 15) is 18.8 Å². The van der Waals surface area contributed by atoms with Crippen LogP contribution < -0.4 is 4.74 Å². The van der Waals surface area contributed by atoms with Gasteiger partial charge in [0, 0.05) is 0 Å². The molecule has 138 valence electrons. The highest BCUT2D eigenvalue weighted by Gasteiger charge is 2.50. The predicted molar refractivity (Wildman–Crippen MR) is 89.5 cm³/mol. The van der Waals surface area contributed by atoms with Gasteiger partial charge in [-0.25, -0.2) is 9.18 Å². The van der Waals surface area contributed by atoms with Crippen molar-refractivity contribution in [3.63, 3.8) is 0 Å². The van der Waals surface area contributed by atoms with Crippen LogP contribution in [0.2, 0.25) is 0 Å². The van der Waals surface area contributed by atoms with E-state index >= 15 is 0 Å². The van der Waals surface area contributed by atoms with Gasteiger partial charge in [-0.2, -0.15) is 0 Å². The topological polar surface area (TPSA) is 72.9 Å². The quantitative estimate of drug-likeness (QED) is 0.336. The highest BCUT2D eigenvalue weighted by Crippen LogP contribution is 2.36. The zero-order valence-corrected chi connectivity index (χ0v) is 14.4. The highest BCUT2D eigenvalue weighted by molar-refractivity contribution is 6.08. The zero-order valence-electron chi connectivity index (χ0n) is 14.4. The van der Waals surface area contributed by atoms with E-state index < -0.39 is 17.8 Å². The molecule has 26 heavy (non-hydrogen) atoms. The first-order chi connectivity index (χ1) is 12.5. The third-order valence-corrected chi connectivity index (χ3v) is 4.69. The molecule has 0 saturated carbocycles. The van der Waals surface area contributed by atoms with Crippen molar-refractivity contribution in [1.29, 1.82) is 0 Å². The monoisotopic (exact) mass is 361 g/mol. The minimum absolute atomic E-state index is 0.0313. The molecule has 1 heterocycles. The van der Waals surface area contributed by atoms with Crippen molar-refractivity contribution in [3.05, 3.63) is 42.2 Å². The minimum Gasteiger partial charge on any atom is -0.487 e. The summed E-state index contributed by atoms with van der Waals surface area (Å²) in [7, 11) is 0. The van der Waals surface area contributed by atoms with Crippen molar-refractivity contribution in [1.82, 2.24) is 4.90 Å². The van der Waals surface area contributed by atoms with Crippen molar-refractivity contribution >= 4 is 17.8 Å². The summed E-state index contributed by atoms with van der Waals surface area (Å²) in [5.41, 5.74) is 0. The molecule has 0 unspecified atom stereocenters. The Morgan fingerprint density at radius 1 is 1.15 bits per heavy atom. The number of allylic oxidation sites excluding steroid dienone is 2. The van der Waals surface area contributed by atoms with Crippen LogP contribution in [0.1, 0.15) is 19.8 Å². The molecule has 0 aromatic heterocycles. The zero-order chi connectivity index (χ0) is 18.7. The molecule has 0 N–H and O–H groups in total. The van der Waals surface area contributed by atoms with Crippen LogP contribution in [-0.2, 0) is 19.1 Å². The molecule has 7 heteroatoms. The number of nitrogens with zero attached hydrogens (tertiary/aromatic N) is 1. The Morgan fingerprint density at radius 2 is 1.77 bits per heavy atom. The van der Waals surface area contributed by atoms with Crippen LogP contribution in [0.3, 0.4) is 0 Å². The summed E-state index contributed by atoms with van der Waals surface area (Å²) in [5, 5.41) is 0. The van der Waals surface area contributed by atoms with Crippen molar-refractivity contribution < 1.29 is 28.2 Å². The molecule has 1 saturated heterocycles. The number of carbonyl (C=O) groups excluding carboxylic acids is 3. The molecule has 3 atom stereocenters. The van der Waals surface area contributed by atoms with Gasteiger partial charge < -0.3 is 9.47 Å². The van der Waals surface area contributed by atoms with Gasteiger partial charge in [-0.15, -0.1) is 0 Å². The highest BCUT2D eigenvalue weighted by atomic mass is 19.1. The Hall–Kier alpha value is -2.70. The Labute approximate surface area is 150 Å². The lowest BCUT2D eigenvalue weighted by Crippen LogP contribution is -2.44. The van der Waals surface area contributed by atoms with Gasteiger partial charge in [-0.05, 0) is 31.9 Å². The van der Waals surface area contributed by atoms with Gasteiger partial charge in [0.2, 0.25) is 11.8 Å². The maximum Gasteiger partial charge on any atom is 0.329 e. The van der Waals surface area contributed by atoms with Crippen molar-refractivity contribution in [3.8, 4) is 5.75 Å². The van der Waals surface area contributed by atoms with Crippen LogP contribution in [0, 0.1) is 17.7 Å². The SMILES string of the molecule is C[C@H](C(=O)OCCOc1ccccc1F)N1C(=O)[C@H]2CC=CC[C@H]2C1=O. The van der Waals surface area contributed by atoms with Gasteiger partial charge in [-0.1, -0.05) is 24.3 Å². The lowest BCUT2D eigenvalue weighted by Gasteiger charge is -2.21. The fourth-order valence-electron chi connectivity index (χ4n) is 3.29. The van der Waals surface area contributed by atoms with Crippen molar-refractivity contribution in [2.24, 2.45) is 11.8 Å². The van der Waals surface area contributed by atoms with Crippen LogP contribution in [0.4, 0.5) is 4.39 Å². The van der Waals surface area contributed by atoms with Crippen LogP contribution in [0.25, 0.3) is 0 Å². The number of halogens is 1. The summed E-state index contributed by atoms with van der Waals surface area (Å²) in [4.78, 5) is 38.1. The molecule has 1 aliphatic carbocycles. The van der Waals surface area contributed by atoms with E-state index in [0.29, 0.717) is 12.8 Å². The van der Waals surface area contributed by atoms with Gasteiger partial charge >= 0.3 is 5.97 Å². The molecule has 1 aliphatic heterocycles. The van der Waals surface area contributed by atoms with E-state index in [1.54, 1.807) is 12.1 Å². The second-order valence-electron chi connectivity index (χ2n) is 6.32. The van der Waals surface area contributed by atoms with Gasteiger partial charge in [-0.3, -0.25) is 14.5 Å². The summed E-state index contributed by atoms with van der Waals surface area (Å²) in [6.45, 7) is 1.33. The van der Waals surface area contributed by atoms with Gasteiger partial charge in [0.1, 0.15) is 19.3 Å². The number of imide groups is 1. The third kappa shape index (κ3) is 3.47. The smallest absolute Gasteiger partial charge is 0.329 e. The summed E-state index contributed by atoms with van der Waals surface area (Å²) < 4.78 is 23.7. The van der Waals surface area contributed by atoms with E-state index in [1.165, 1.54) is 19.1 Å². The summed E-state index contributed by atoms with van der Waals surface area (Å²) in [5.74, 6) is -2.53. The molecule has 0 bridgehead atoms. The number of ether oxygens (including phenoxy) is 2. The van der Waals surface area contributed by atoms with Gasteiger partial charge in [0.25, 0.3) is 0 Å². The number of amides is 2. The molecule has 6 nitrogen and oxygen atoms in total. The van der Waals surface area contributed by atoms with E-state index in [4.69, 9.17) is 9.47 Å². The van der Waals surface area contributed by atoms with E-state index in [1.807, 2.05) is 12.2 Å². The van der Waals surface area contributed by atoms with Crippen LogP contribution >= 0.6 is 0 Å². The van der Waals surface area contributed by atoms with Crippen molar-refractivity contribution in [2.75, 3.05) is 13.2 Å². The average molecular weight is 361 g/mol. The standard InChI is InChI=1S/C19H20FNO5/c1-12(21-17(22)13-6-2-3-7-14(13)18(21)23)19(24)26-11-10-25-16-9-5-4-8-15(16)20/h2-5,8-9,12-14H,6-7,10-11H2,1H3/t12-,13-,14+/m1/s1. The first-order valence-corrected chi connectivity index (χ1v) is 8.56. The summed E-state index contributed by atoms with van der Waals surface area (Å²) in [6.07, 6.45) is 4.81. The van der Waals surface area contributed by atoms with E-state index in [0.717, 1.165) is 4.90 Å². The molecule has 1 aromatic carbocycles. The molecule has 2 aliphatic rings. The first kappa shape index (κ1) is 18.1. The molecular formula is C19H20FNO5. The average Bonchev–Trinajstić information content (AvgIpc) is 2.90. The second-order valence-corrected chi connectivity index (χ2v) is 6.32. The molecule has 3 rings (SSSR count). The Balaban J connectivity index is 1.51.